The molecule has 1 aromatic carbocycles. The van der Waals surface area contributed by atoms with Gasteiger partial charge in [0.1, 0.15) is 0 Å². The second kappa shape index (κ2) is 7.12. The fraction of sp³-hybridized carbons (Fsp3) is 0.400. The Balaban J connectivity index is 1.80. The van der Waals surface area contributed by atoms with Crippen LogP contribution in [0.25, 0.3) is 0 Å². The summed E-state index contributed by atoms with van der Waals surface area (Å²) in [6.45, 7) is 3.64. The normalized spacial score (nSPS) is 23.7. The van der Waals surface area contributed by atoms with Crippen LogP contribution < -0.4 is 5.32 Å². The van der Waals surface area contributed by atoms with Gasteiger partial charge in [-0.3, -0.25) is 9.78 Å². The number of carbonyl (C=O) groups excluding carboxylic acids is 1. The smallest absolute Gasteiger partial charge is 0.164 e. The van der Waals surface area contributed by atoms with Gasteiger partial charge in [-0.25, -0.2) is 4.39 Å². The van der Waals surface area contributed by atoms with Crippen molar-refractivity contribution in [2.75, 3.05) is 5.32 Å². The van der Waals surface area contributed by atoms with Crippen molar-refractivity contribution < 1.29 is 9.18 Å². The zero-order chi connectivity index (χ0) is 17.1. The molecule has 1 aliphatic carbocycles. The molecule has 3 unspecified atom stereocenters. The van der Waals surface area contributed by atoms with Gasteiger partial charge in [0.05, 0.1) is 23.6 Å². The number of hydrogen-bond donors (Lipinski definition) is 1. The fourth-order valence-corrected chi connectivity index (χ4v) is 3.84. The molecule has 4 heteroatoms. The standard InChI is InChI=1S/C20H23FN2O/c1-13-8-16(15-6-4-3-5-7-15)10-17(9-13)23-19-12-22-11-18(21)20(19)14(2)24/h3-7,11-13,16-17,23H,8-10H2,1-2H3. The van der Waals surface area contributed by atoms with Crippen LogP contribution in [0.15, 0.2) is 42.7 Å². The summed E-state index contributed by atoms with van der Waals surface area (Å²) in [6.07, 6.45) is 5.79. The third kappa shape index (κ3) is 3.64. The molecule has 126 valence electrons. The maximum absolute atomic E-state index is 14.0. The van der Waals surface area contributed by atoms with Crippen molar-refractivity contribution in [1.29, 1.82) is 0 Å². The van der Waals surface area contributed by atoms with E-state index in [2.05, 4.69) is 41.5 Å². The minimum absolute atomic E-state index is 0.111. The van der Waals surface area contributed by atoms with E-state index in [4.69, 9.17) is 0 Å². The van der Waals surface area contributed by atoms with Gasteiger partial charge in [-0.05, 0) is 43.6 Å². The van der Waals surface area contributed by atoms with Gasteiger partial charge in [-0.1, -0.05) is 37.3 Å². The molecule has 1 aliphatic rings. The molecule has 0 bridgehead atoms. The molecule has 1 heterocycles. The Hall–Kier alpha value is -2.23. The first-order valence-corrected chi connectivity index (χ1v) is 8.50. The Kier molecular flexibility index (Phi) is 4.93. The number of aromatic nitrogens is 1. The lowest BCUT2D eigenvalue weighted by molar-refractivity contribution is 0.101. The molecule has 0 aliphatic heterocycles. The van der Waals surface area contributed by atoms with Crippen LogP contribution in [-0.2, 0) is 0 Å². The lowest BCUT2D eigenvalue weighted by atomic mass is 9.76. The number of nitrogens with one attached hydrogen (secondary N) is 1. The highest BCUT2D eigenvalue weighted by Gasteiger charge is 2.28. The Morgan fingerprint density at radius 1 is 1.17 bits per heavy atom. The zero-order valence-corrected chi connectivity index (χ0v) is 14.1. The monoisotopic (exact) mass is 326 g/mol. The first-order valence-electron chi connectivity index (χ1n) is 8.50. The van der Waals surface area contributed by atoms with Gasteiger partial charge in [-0.15, -0.1) is 0 Å². The first kappa shape index (κ1) is 16.6. The highest BCUT2D eigenvalue weighted by atomic mass is 19.1. The van der Waals surface area contributed by atoms with Crippen LogP contribution in [0.5, 0.6) is 0 Å². The molecule has 1 fully saturated rings. The zero-order valence-electron chi connectivity index (χ0n) is 14.1. The Morgan fingerprint density at radius 3 is 2.62 bits per heavy atom. The predicted molar refractivity (Wildman–Crippen MR) is 93.8 cm³/mol. The number of nitrogens with zero attached hydrogens (tertiary/aromatic N) is 1. The van der Waals surface area contributed by atoms with Gasteiger partial charge < -0.3 is 5.32 Å². The van der Waals surface area contributed by atoms with E-state index in [0.29, 0.717) is 17.5 Å². The first-order chi connectivity index (χ1) is 11.5. The van der Waals surface area contributed by atoms with Crippen LogP contribution in [0.2, 0.25) is 0 Å². The van der Waals surface area contributed by atoms with E-state index in [-0.39, 0.29) is 17.4 Å². The molecule has 3 rings (SSSR count). The van der Waals surface area contributed by atoms with Crippen LogP contribution in [0, 0.1) is 11.7 Å². The van der Waals surface area contributed by atoms with Crippen LogP contribution in [-0.4, -0.2) is 16.8 Å². The van der Waals surface area contributed by atoms with E-state index in [0.717, 1.165) is 25.5 Å². The van der Waals surface area contributed by atoms with Gasteiger partial charge >= 0.3 is 0 Å². The van der Waals surface area contributed by atoms with E-state index in [1.807, 2.05) is 6.07 Å². The van der Waals surface area contributed by atoms with Crippen molar-refractivity contribution in [3.63, 3.8) is 0 Å². The molecule has 1 aromatic heterocycles. The molecular formula is C20H23FN2O. The Labute approximate surface area is 142 Å². The SMILES string of the molecule is CC(=O)c1c(F)cncc1NC1CC(C)CC(c2ccccc2)C1. The third-order valence-electron chi connectivity index (χ3n) is 4.83. The van der Waals surface area contributed by atoms with Crippen LogP contribution in [0.3, 0.4) is 0 Å². The van der Waals surface area contributed by atoms with Crippen molar-refractivity contribution >= 4 is 11.5 Å². The van der Waals surface area contributed by atoms with E-state index in [1.54, 1.807) is 6.20 Å². The molecule has 1 saturated carbocycles. The van der Waals surface area contributed by atoms with Gasteiger partial charge in [-0.2, -0.15) is 0 Å². The summed E-state index contributed by atoms with van der Waals surface area (Å²) >= 11 is 0. The van der Waals surface area contributed by atoms with Crippen molar-refractivity contribution in [2.45, 2.75) is 45.1 Å². The largest absolute Gasteiger partial charge is 0.380 e. The lowest BCUT2D eigenvalue weighted by Crippen LogP contribution is -2.31. The summed E-state index contributed by atoms with van der Waals surface area (Å²) in [4.78, 5) is 15.7. The number of rotatable bonds is 4. The van der Waals surface area contributed by atoms with Crippen molar-refractivity contribution in [3.05, 3.63) is 59.7 Å². The molecule has 24 heavy (non-hydrogen) atoms. The van der Waals surface area contributed by atoms with E-state index < -0.39 is 5.82 Å². The highest BCUT2D eigenvalue weighted by molar-refractivity contribution is 5.99. The van der Waals surface area contributed by atoms with Crippen molar-refractivity contribution in [3.8, 4) is 0 Å². The molecule has 0 radical (unpaired) electrons. The van der Waals surface area contributed by atoms with Crippen LogP contribution >= 0.6 is 0 Å². The number of anilines is 1. The van der Waals surface area contributed by atoms with Crippen molar-refractivity contribution in [2.24, 2.45) is 5.92 Å². The third-order valence-corrected chi connectivity index (χ3v) is 4.83. The minimum Gasteiger partial charge on any atom is -0.380 e. The second-order valence-electron chi connectivity index (χ2n) is 6.86. The average Bonchev–Trinajstić information content (AvgIpc) is 2.55. The second-order valence-corrected chi connectivity index (χ2v) is 6.86. The number of halogens is 1. The Morgan fingerprint density at radius 2 is 1.92 bits per heavy atom. The average molecular weight is 326 g/mol. The fourth-order valence-electron chi connectivity index (χ4n) is 3.84. The van der Waals surface area contributed by atoms with Gasteiger partial charge in [0, 0.05) is 6.04 Å². The lowest BCUT2D eigenvalue weighted by Gasteiger charge is -2.35. The Bertz CT molecular complexity index is 717. The van der Waals surface area contributed by atoms with Gasteiger partial charge in [0.15, 0.2) is 11.6 Å². The number of Topliss-reactive ketones (excluding diaryl/α,β-unsaturated/α-hetero) is 1. The van der Waals surface area contributed by atoms with Crippen LogP contribution in [0.4, 0.5) is 10.1 Å². The van der Waals surface area contributed by atoms with E-state index in [9.17, 15) is 9.18 Å². The number of hydrogen-bond acceptors (Lipinski definition) is 3. The summed E-state index contributed by atoms with van der Waals surface area (Å²) < 4.78 is 14.0. The molecule has 0 saturated heterocycles. The summed E-state index contributed by atoms with van der Waals surface area (Å²) in [5.74, 6) is 0.218. The van der Waals surface area contributed by atoms with Crippen molar-refractivity contribution in [1.82, 2.24) is 4.98 Å². The minimum atomic E-state index is -0.559. The van der Waals surface area contributed by atoms with E-state index >= 15 is 0 Å². The maximum Gasteiger partial charge on any atom is 0.164 e. The molecule has 3 atom stereocenters. The number of benzene rings is 1. The van der Waals surface area contributed by atoms with E-state index in [1.165, 1.54) is 12.5 Å². The molecule has 2 aromatic rings. The summed E-state index contributed by atoms with van der Waals surface area (Å²) in [5, 5.41) is 3.38. The molecule has 0 amide bonds. The van der Waals surface area contributed by atoms with Gasteiger partial charge in [0.25, 0.3) is 0 Å². The predicted octanol–water partition coefficient (Wildman–Crippen LogP) is 4.81. The summed E-state index contributed by atoms with van der Waals surface area (Å²) in [6, 6.07) is 10.7. The number of ketones is 1. The molecule has 3 nitrogen and oxygen atoms in total. The number of pyridine rings is 1. The molecular weight excluding hydrogens is 303 g/mol. The maximum atomic E-state index is 14.0. The molecule has 1 N–H and O–H groups in total. The topological polar surface area (TPSA) is 42.0 Å². The quantitative estimate of drug-likeness (QED) is 0.820. The summed E-state index contributed by atoms with van der Waals surface area (Å²) in [7, 11) is 0. The highest BCUT2D eigenvalue weighted by Crippen LogP contribution is 2.37. The van der Waals surface area contributed by atoms with Crippen LogP contribution in [0.1, 0.15) is 54.9 Å². The molecule has 0 spiro atoms. The number of carbonyl (C=O) groups is 1. The summed E-state index contributed by atoms with van der Waals surface area (Å²) in [5.41, 5.74) is 1.97. The van der Waals surface area contributed by atoms with Gasteiger partial charge in [0.2, 0.25) is 0 Å².